The van der Waals surface area contributed by atoms with Gasteiger partial charge in [0, 0.05) is 12.1 Å². The minimum atomic E-state index is 0. The van der Waals surface area contributed by atoms with Crippen molar-refractivity contribution in [1.82, 2.24) is 4.90 Å². The summed E-state index contributed by atoms with van der Waals surface area (Å²) in [6.07, 6.45) is 3.87. The zero-order valence-electron chi connectivity index (χ0n) is 10.2. The number of aromatic hydroxyl groups is 1. The zero-order chi connectivity index (χ0) is 11.4. The van der Waals surface area contributed by atoms with Crippen LogP contribution in [0.1, 0.15) is 24.8 Å². The van der Waals surface area contributed by atoms with Crippen LogP contribution in [0, 0.1) is 0 Å². The topological polar surface area (TPSA) is 32.7 Å². The van der Waals surface area contributed by atoms with Crippen LogP contribution in [0.25, 0.3) is 0 Å². The van der Waals surface area contributed by atoms with E-state index in [1.165, 1.54) is 19.3 Å². The Morgan fingerprint density at radius 3 is 2.59 bits per heavy atom. The molecule has 96 valence electrons. The summed E-state index contributed by atoms with van der Waals surface area (Å²) in [7, 11) is 1.58. The smallest absolute Gasteiger partial charge is 0.162 e. The first-order chi connectivity index (χ1) is 7.81. The fraction of sp³-hybridized carbons (Fsp3) is 0.538. The number of phenols is 1. The van der Waals surface area contributed by atoms with Gasteiger partial charge in [-0.1, -0.05) is 18.6 Å². The third kappa shape index (κ3) is 3.51. The molecule has 1 aliphatic heterocycles. The highest BCUT2D eigenvalue weighted by Crippen LogP contribution is 2.30. The van der Waals surface area contributed by atoms with Gasteiger partial charge in [0.1, 0.15) is 0 Å². The molecule has 1 N–H and O–H groups in total. The molecule has 0 radical (unpaired) electrons. The van der Waals surface area contributed by atoms with Gasteiger partial charge in [-0.15, -0.1) is 12.4 Å². The van der Waals surface area contributed by atoms with Gasteiger partial charge in [-0.25, -0.2) is 0 Å². The number of methoxy groups -OCH3 is 1. The first-order valence-electron chi connectivity index (χ1n) is 5.88. The van der Waals surface area contributed by atoms with Gasteiger partial charge in [0.25, 0.3) is 0 Å². The van der Waals surface area contributed by atoms with Gasteiger partial charge in [-0.2, -0.15) is 0 Å². The molecule has 3 nitrogen and oxygen atoms in total. The molecule has 1 heterocycles. The van der Waals surface area contributed by atoms with E-state index in [1.807, 2.05) is 12.1 Å². The Kier molecular flexibility index (Phi) is 5.59. The molecule has 2 rings (SSSR count). The minimum absolute atomic E-state index is 0. The van der Waals surface area contributed by atoms with Crippen molar-refractivity contribution in [2.24, 2.45) is 0 Å². The molecular weight excluding hydrogens is 238 g/mol. The van der Waals surface area contributed by atoms with Gasteiger partial charge in [-0.3, -0.25) is 4.90 Å². The molecule has 0 aromatic heterocycles. The summed E-state index contributed by atoms with van der Waals surface area (Å²) >= 11 is 0. The number of hydrogen-bond donors (Lipinski definition) is 1. The third-order valence-corrected chi connectivity index (χ3v) is 3.15. The summed E-state index contributed by atoms with van der Waals surface area (Å²) in [5.74, 6) is 0.852. The molecule has 0 aliphatic carbocycles. The molecule has 4 heteroatoms. The molecule has 17 heavy (non-hydrogen) atoms. The molecule has 1 aromatic carbocycles. The highest BCUT2D eigenvalue weighted by molar-refractivity contribution is 5.85. The average Bonchev–Trinajstić information content (AvgIpc) is 2.33. The first kappa shape index (κ1) is 14.1. The van der Waals surface area contributed by atoms with Gasteiger partial charge in [0.05, 0.1) is 7.11 Å². The van der Waals surface area contributed by atoms with Crippen molar-refractivity contribution in [3.05, 3.63) is 23.8 Å². The molecular formula is C13H20ClNO2. The van der Waals surface area contributed by atoms with Crippen LogP contribution < -0.4 is 4.74 Å². The summed E-state index contributed by atoms with van der Waals surface area (Å²) < 4.78 is 5.11. The molecule has 0 saturated carbocycles. The average molecular weight is 258 g/mol. The summed E-state index contributed by atoms with van der Waals surface area (Å²) in [5.41, 5.74) is 0.959. The molecule has 0 spiro atoms. The summed E-state index contributed by atoms with van der Waals surface area (Å²) in [5, 5.41) is 9.97. The molecule has 0 atom stereocenters. The van der Waals surface area contributed by atoms with E-state index in [4.69, 9.17) is 4.74 Å². The molecule has 1 aromatic rings. The van der Waals surface area contributed by atoms with Gasteiger partial charge in [0.15, 0.2) is 11.5 Å². The van der Waals surface area contributed by atoms with Crippen LogP contribution in [0.4, 0.5) is 0 Å². The van der Waals surface area contributed by atoms with E-state index < -0.39 is 0 Å². The standard InChI is InChI=1S/C13H19NO2.ClH/c1-16-12-7-5-6-11(13(12)15)10-14-8-3-2-4-9-14;/h5-7,15H,2-4,8-10H2,1H3;1H. The quantitative estimate of drug-likeness (QED) is 0.904. The van der Waals surface area contributed by atoms with Gasteiger partial charge >= 0.3 is 0 Å². The molecule has 1 fully saturated rings. The summed E-state index contributed by atoms with van der Waals surface area (Å²) in [6, 6.07) is 5.68. The Morgan fingerprint density at radius 1 is 1.24 bits per heavy atom. The van der Waals surface area contributed by atoms with Crippen molar-refractivity contribution in [2.75, 3.05) is 20.2 Å². The largest absolute Gasteiger partial charge is 0.504 e. The molecule has 0 bridgehead atoms. The number of ether oxygens (including phenoxy) is 1. The van der Waals surface area contributed by atoms with Crippen LogP contribution in [0.3, 0.4) is 0 Å². The normalized spacial score (nSPS) is 16.3. The fourth-order valence-electron chi connectivity index (χ4n) is 2.22. The number of nitrogens with zero attached hydrogens (tertiary/aromatic N) is 1. The molecule has 0 unspecified atom stereocenters. The van der Waals surface area contributed by atoms with Crippen molar-refractivity contribution >= 4 is 12.4 Å². The number of piperidine rings is 1. The lowest BCUT2D eigenvalue weighted by atomic mass is 10.1. The number of phenolic OH excluding ortho intramolecular Hbond substituents is 1. The van der Waals surface area contributed by atoms with E-state index >= 15 is 0 Å². The number of rotatable bonds is 3. The number of benzene rings is 1. The maximum absolute atomic E-state index is 9.97. The Bertz CT molecular complexity index is 351. The van der Waals surface area contributed by atoms with Crippen LogP contribution >= 0.6 is 12.4 Å². The van der Waals surface area contributed by atoms with E-state index in [-0.39, 0.29) is 18.2 Å². The lowest BCUT2D eigenvalue weighted by molar-refractivity contribution is 0.218. The first-order valence-corrected chi connectivity index (χ1v) is 5.88. The van der Waals surface area contributed by atoms with Crippen molar-refractivity contribution in [1.29, 1.82) is 0 Å². The Morgan fingerprint density at radius 2 is 1.94 bits per heavy atom. The maximum Gasteiger partial charge on any atom is 0.162 e. The van der Waals surface area contributed by atoms with Crippen molar-refractivity contribution in [2.45, 2.75) is 25.8 Å². The van der Waals surface area contributed by atoms with Gasteiger partial charge < -0.3 is 9.84 Å². The molecule has 0 amide bonds. The van der Waals surface area contributed by atoms with Crippen LogP contribution in [-0.2, 0) is 6.54 Å². The van der Waals surface area contributed by atoms with Crippen molar-refractivity contribution < 1.29 is 9.84 Å². The fourth-order valence-corrected chi connectivity index (χ4v) is 2.22. The van der Waals surface area contributed by atoms with E-state index in [1.54, 1.807) is 13.2 Å². The van der Waals surface area contributed by atoms with Gasteiger partial charge in [0.2, 0.25) is 0 Å². The van der Waals surface area contributed by atoms with Crippen molar-refractivity contribution in [3.8, 4) is 11.5 Å². The number of halogens is 1. The molecule has 1 saturated heterocycles. The lowest BCUT2D eigenvalue weighted by Gasteiger charge is -2.26. The Labute approximate surface area is 109 Å². The third-order valence-electron chi connectivity index (χ3n) is 3.15. The van der Waals surface area contributed by atoms with Crippen LogP contribution in [-0.4, -0.2) is 30.2 Å². The SMILES string of the molecule is COc1cccc(CN2CCCCC2)c1O.Cl. The second-order valence-corrected chi connectivity index (χ2v) is 4.30. The second-order valence-electron chi connectivity index (χ2n) is 4.30. The Balaban J connectivity index is 0.00000144. The van der Waals surface area contributed by atoms with Crippen LogP contribution in [0.15, 0.2) is 18.2 Å². The summed E-state index contributed by atoms with van der Waals surface area (Å²) in [6.45, 7) is 3.09. The minimum Gasteiger partial charge on any atom is -0.504 e. The molecule has 1 aliphatic rings. The predicted octanol–water partition coefficient (Wildman–Crippen LogP) is 2.81. The van der Waals surface area contributed by atoms with E-state index in [0.717, 1.165) is 25.2 Å². The summed E-state index contributed by atoms with van der Waals surface area (Å²) in [4.78, 5) is 2.39. The number of para-hydroxylation sites is 1. The predicted molar refractivity (Wildman–Crippen MR) is 71.0 cm³/mol. The van der Waals surface area contributed by atoms with E-state index in [2.05, 4.69) is 4.90 Å². The monoisotopic (exact) mass is 257 g/mol. The number of hydrogen-bond acceptors (Lipinski definition) is 3. The van der Waals surface area contributed by atoms with E-state index in [0.29, 0.717) is 5.75 Å². The van der Waals surface area contributed by atoms with Gasteiger partial charge in [-0.05, 0) is 32.0 Å². The highest BCUT2D eigenvalue weighted by Gasteiger charge is 2.14. The van der Waals surface area contributed by atoms with E-state index in [9.17, 15) is 5.11 Å². The second kappa shape index (κ2) is 6.72. The lowest BCUT2D eigenvalue weighted by Crippen LogP contribution is -2.29. The van der Waals surface area contributed by atoms with Crippen LogP contribution in [0.5, 0.6) is 11.5 Å². The Hall–Kier alpha value is -0.930. The van der Waals surface area contributed by atoms with Crippen LogP contribution in [0.2, 0.25) is 0 Å². The number of likely N-dealkylation sites (tertiary alicyclic amines) is 1. The highest BCUT2D eigenvalue weighted by atomic mass is 35.5. The zero-order valence-corrected chi connectivity index (χ0v) is 11.0. The maximum atomic E-state index is 9.97. The van der Waals surface area contributed by atoms with Crippen molar-refractivity contribution in [3.63, 3.8) is 0 Å².